The molecule has 0 aliphatic rings. The van der Waals surface area contributed by atoms with Crippen LogP contribution in [0, 0.1) is 20.8 Å². The maximum Gasteiger partial charge on any atom is 0.404 e. The second kappa shape index (κ2) is 4.88. The Morgan fingerprint density at radius 2 is 2.00 bits per heavy atom. The Morgan fingerprint density at radius 3 is 2.50 bits per heavy atom. The second-order valence-corrected chi connectivity index (χ2v) is 3.78. The maximum atomic E-state index is 10.5. The minimum atomic E-state index is -1.01. The average molecular weight is 223 g/mol. The summed E-state index contributed by atoms with van der Waals surface area (Å²) in [6, 6.07) is 1.93. The zero-order valence-corrected chi connectivity index (χ0v) is 10.0. The summed E-state index contributed by atoms with van der Waals surface area (Å²) in [6.45, 7) is 6.23. The number of nitrogens with one attached hydrogen (secondary N) is 1. The molecule has 0 unspecified atom stereocenters. The van der Waals surface area contributed by atoms with Gasteiger partial charge in [-0.25, -0.2) is 4.79 Å². The highest BCUT2D eigenvalue weighted by Gasteiger charge is 2.10. The van der Waals surface area contributed by atoms with Gasteiger partial charge in [-0.15, -0.1) is 0 Å². The molecule has 1 amide bonds. The van der Waals surface area contributed by atoms with Gasteiger partial charge in [0.15, 0.2) is 0 Å². The van der Waals surface area contributed by atoms with E-state index < -0.39 is 6.09 Å². The van der Waals surface area contributed by atoms with Gasteiger partial charge in [0.1, 0.15) is 5.75 Å². The number of benzene rings is 1. The molecule has 1 aromatic rings. The van der Waals surface area contributed by atoms with Crippen LogP contribution in [0.2, 0.25) is 0 Å². The van der Waals surface area contributed by atoms with Crippen molar-refractivity contribution in [2.45, 2.75) is 27.3 Å². The smallest absolute Gasteiger partial charge is 0.404 e. The fourth-order valence-electron chi connectivity index (χ4n) is 1.75. The van der Waals surface area contributed by atoms with Crippen LogP contribution in [-0.4, -0.2) is 18.3 Å². The lowest BCUT2D eigenvalue weighted by Gasteiger charge is -2.15. The summed E-state index contributed by atoms with van der Waals surface area (Å²) >= 11 is 0. The lowest BCUT2D eigenvalue weighted by atomic mass is 9.97. The summed E-state index contributed by atoms with van der Waals surface area (Å²) in [5.41, 5.74) is 4.18. The van der Waals surface area contributed by atoms with Gasteiger partial charge in [-0.05, 0) is 49.1 Å². The van der Waals surface area contributed by atoms with E-state index in [1.165, 1.54) is 0 Å². The monoisotopic (exact) mass is 223 g/mol. The lowest BCUT2D eigenvalue weighted by Crippen LogP contribution is -2.21. The predicted octanol–water partition coefficient (Wildman–Crippen LogP) is 2.39. The molecule has 0 saturated heterocycles. The van der Waals surface area contributed by atoms with E-state index in [9.17, 15) is 4.79 Å². The van der Waals surface area contributed by atoms with Crippen LogP contribution in [-0.2, 0) is 6.54 Å². The van der Waals surface area contributed by atoms with Crippen LogP contribution in [0.4, 0.5) is 4.79 Å². The van der Waals surface area contributed by atoms with Crippen molar-refractivity contribution in [2.24, 2.45) is 0 Å². The minimum Gasteiger partial charge on any atom is -0.496 e. The normalized spacial score (nSPS) is 10.0. The topological polar surface area (TPSA) is 58.6 Å². The van der Waals surface area contributed by atoms with Crippen LogP contribution in [0.5, 0.6) is 5.75 Å². The summed E-state index contributed by atoms with van der Waals surface area (Å²) in [7, 11) is 1.64. The SMILES string of the molecule is COc1cc(C)c(CNC(=O)O)c(C)c1C. The standard InChI is InChI=1S/C12H17NO3/c1-7-5-11(16-4)9(3)8(2)10(7)6-13-12(14)15/h5,13H,6H2,1-4H3,(H,14,15). The highest BCUT2D eigenvalue weighted by Crippen LogP contribution is 2.27. The second-order valence-electron chi connectivity index (χ2n) is 3.78. The number of carboxylic acid groups (broad SMARTS) is 1. The van der Waals surface area contributed by atoms with Gasteiger partial charge in [-0.1, -0.05) is 0 Å². The number of hydrogen-bond acceptors (Lipinski definition) is 2. The van der Waals surface area contributed by atoms with E-state index in [0.29, 0.717) is 6.54 Å². The molecular formula is C12H17NO3. The Morgan fingerprint density at radius 1 is 1.38 bits per heavy atom. The Balaban J connectivity index is 3.10. The van der Waals surface area contributed by atoms with Gasteiger partial charge >= 0.3 is 6.09 Å². The van der Waals surface area contributed by atoms with Gasteiger partial charge in [-0.2, -0.15) is 0 Å². The largest absolute Gasteiger partial charge is 0.496 e. The van der Waals surface area contributed by atoms with Crippen LogP contribution in [0.1, 0.15) is 22.3 Å². The van der Waals surface area contributed by atoms with E-state index in [1.807, 2.05) is 26.8 Å². The first-order valence-corrected chi connectivity index (χ1v) is 5.07. The first-order chi connectivity index (χ1) is 7.47. The van der Waals surface area contributed by atoms with Crippen LogP contribution in [0.15, 0.2) is 6.07 Å². The van der Waals surface area contributed by atoms with Crippen molar-refractivity contribution in [3.05, 3.63) is 28.3 Å². The molecule has 1 rings (SSSR count). The van der Waals surface area contributed by atoms with E-state index in [-0.39, 0.29) is 0 Å². The number of amides is 1. The molecule has 0 bridgehead atoms. The number of carbonyl (C=O) groups is 1. The molecule has 0 aliphatic heterocycles. The molecule has 0 spiro atoms. The van der Waals surface area contributed by atoms with Crippen LogP contribution in [0.25, 0.3) is 0 Å². The van der Waals surface area contributed by atoms with Crippen molar-refractivity contribution >= 4 is 6.09 Å². The van der Waals surface area contributed by atoms with Gasteiger partial charge in [-0.3, -0.25) is 0 Å². The molecule has 4 heteroatoms. The molecule has 4 nitrogen and oxygen atoms in total. The van der Waals surface area contributed by atoms with Gasteiger partial charge in [0.05, 0.1) is 7.11 Å². The number of methoxy groups -OCH3 is 1. The van der Waals surface area contributed by atoms with E-state index in [1.54, 1.807) is 7.11 Å². The van der Waals surface area contributed by atoms with Crippen molar-refractivity contribution < 1.29 is 14.6 Å². The van der Waals surface area contributed by atoms with Crippen LogP contribution >= 0.6 is 0 Å². The summed E-state index contributed by atoms with van der Waals surface area (Å²) < 4.78 is 5.25. The molecule has 0 saturated carbocycles. The highest BCUT2D eigenvalue weighted by atomic mass is 16.5. The molecule has 88 valence electrons. The Hall–Kier alpha value is -1.71. The number of hydrogen-bond donors (Lipinski definition) is 2. The predicted molar refractivity (Wildman–Crippen MR) is 62.1 cm³/mol. The first kappa shape index (κ1) is 12.4. The van der Waals surface area contributed by atoms with Crippen molar-refractivity contribution in [1.82, 2.24) is 5.32 Å². The summed E-state index contributed by atoms with van der Waals surface area (Å²) in [4.78, 5) is 10.5. The fourth-order valence-corrected chi connectivity index (χ4v) is 1.75. The Kier molecular flexibility index (Phi) is 3.77. The van der Waals surface area contributed by atoms with Crippen LogP contribution < -0.4 is 10.1 Å². The summed E-state index contributed by atoms with van der Waals surface area (Å²) in [5.74, 6) is 0.842. The quantitative estimate of drug-likeness (QED) is 0.827. The molecule has 1 aromatic carbocycles. The highest BCUT2D eigenvalue weighted by molar-refractivity contribution is 5.64. The molecule has 0 fully saturated rings. The molecule has 0 heterocycles. The van der Waals surface area contributed by atoms with E-state index in [0.717, 1.165) is 28.0 Å². The van der Waals surface area contributed by atoms with Gasteiger partial charge in [0.2, 0.25) is 0 Å². The van der Waals surface area contributed by atoms with Crippen molar-refractivity contribution in [1.29, 1.82) is 0 Å². The number of ether oxygens (including phenoxy) is 1. The number of aryl methyl sites for hydroxylation is 1. The molecule has 0 atom stereocenters. The molecule has 0 aliphatic carbocycles. The van der Waals surface area contributed by atoms with E-state index in [4.69, 9.17) is 9.84 Å². The van der Waals surface area contributed by atoms with Gasteiger partial charge < -0.3 is 15.2 Å². The molecule has 16 heavy (non-hydrogen) atoms. The molecule has 2 N–H and O–H groups in total. The van der Waals surface area contributed by atoms with E-state index in [2.05, 4.69) is 5.32 Å². The molecular weight excluding hydrogens is 206 g/mol. The van der Waals surface area contributed by atoms with Crippen LogP contribution in [0.3, 0.4) is 0 Å². The minimum absolute atomic E-state index is 0.331. The van der Waals surface area contributed by atoms with Crippen molar-refractivity contribution in [3.63, 3.8) is 0 Å². The summed E-state index contributed by atoms with van der Waals surface area (Å²) in [6.07, 6.45) is -1.01. The van der Waals surface area contributed by atoms with E-state index >= 15 is 0 Å². The molecule has 0 radical (unpaired) electrons. The van der Waals surface area contributed by atoms with Crippen molar-refractivity contribution in [2.75, 3.05) is 7.11 Å². The number of rotatable bonds is 3. The Bertz CT molecular complexity index is 413. The maximum absolute atomic E-state index is 10.5. The molecule has 0 aromatic heterocycles. The average Bonchev–Trinajstić information content (AvgIpc) is 2.22. The zero-order chi connectivity index (χ0) is 12.3. The van der Waals surface area contributed by atoms with Gasteiger partial charge in [0, 0.05) is 6.54 Å². The third-order valence-corrected chi connectivity index (χ3v) is 2.84. The van der Waals surface area contributed by atoms with Gasteiger partial charge in [0.25, 0.3) is 0 Å². The van der Waals surface area contributed by atoms with Crippen molar-refractivity contribution in [3.8, 4) is 5.75 Å². The lowest BCUT2D eigenvalue weighted by molar-refractivity contribution is 0.194. The first-order valence-electron chi connectivity index (χ1n) is 5.07. The zero-order valence-electron chi connectivity index (χ0n) is 10.0. The summed E-state index contributed by atoms with van der Waals surface area (Å²) in [5, 5.41) is 11.0. The Labute approximate surface area is 95.2 Å². The third-order valence-electron chi connectivity index (χ3n) is 2.84. The fraction of sp³-hybridized carbons (Fsp3) is 0.417. The third kappa shape index (κ3) is 2.45.